The van der Waals surface area contributed by atoms with Crippen LogP contribution in [-0.4, -0.2) is 56.7 Å². The highest BCUT2D eigenvalue weighted by atomic mass is 16.5. The Bertz CT molecular complexity index is 220. The van der Waals surface area contributed by atoms with Crippen LogP contribution in [0.4, 0.5) is 0 Å². The van der Waals surface area contributed by atoms with E-state index in [-0.39, 0.29) is 5.91 Å². The lowest BCUT2D eigenvalue weighted by molar-refractivity contribution is -0.122. The van der Waals surface area contributed by atoms with Crippen molar-refractivity contribution in [2.75, 3.05) is 39.9 Å². The van der Waals surface area contributed by atoms with Crippen LogP contribution in [0.25, 0.3) is 0 Å². The van der Waals surface area contributed by atoms with Crippen molar-refractivity contribution in [2.45, 2.75) is 31.7 Å². The number of nitrogens with zero attached hydrogens (tertiary/aromatic N) is 1. The number of methoxy groups -OCH3 is 1. The second-order valence-electron chi connectivity index (χ2n) is 4.54. The maximum atomic E-state index is 11.7. The first kappa shape index (κ1) is 14.4. The second kappa shape index (κ2) is 8.44. The predicted octanol–water partition coefficient (Wildman–Crippen LogP) is -0.0477. The summed E-state index contributed by atoms with van der Waals surface area (Å²) in [5.41, 5.74) is 5.50. The summed E-state index contributed by atoms with van der Waals surface area (Å²) in [5, 5.41) is 2.92. The molecule has 0 aromatic carbocycles. The Balaban J connectivity index is 2.12. The zero-order valence-electron chi connectivity index (χ0n) is 10.8. The lowest BCUT2D eigenvalue weighted by atomic mass is 10.3. The topological polar surface area (TPSA) is 67.6 Å². The highest BCUT2D eigenvalue weighted by Crippen LogP contribution is 2.26. The van der Waals surface area contributed by atoms with Crippen molar-refractivity contribution >= 4 is 5.91 Å². The summed E-state index contributed by atoms with van der Waals surface area (Å²) in [6.07, 6.45) is 4.28. The highest BCUT2D eigenvalue weighted by molar-refractivity contribution is 5.78. The van der Waals surface area contributed by atoms with Gasteiger partial charge in [-0.05, 0) is 32.2 Å². The fraction of sp³-hybridized carbons (Fsp3) is 0.917. The molecule has 100 valence electrons. The molecule has 0 aromatic rings. The molecule has 17 heavy (non-hydrogen) atoms. The molecule has 0 aliphatic heterocycles. The van der Waals surface area contributed by atoms with Crippen LogP contribution in [-0.2, 0) is 9.53 Å². The first-order valence-corrected chi connectivity index (χ1v) is 6.47. The lowest BCUT2D eigenvalue weighted by Crippen LogP contribution is -2.39. The third-order valence-corrected chi connectivity index (χ3v) is 2.91. The molecule has 0 unspecified atom stereocenters. The number of hydrogen-bond acceptors (Lipinski definition) is 4. The summed E-state index contributed by atoms with van der Waals surface area (Å²) < 4.78 is 4.93. The van der Waals surface area contributed by atoms with Crippen LogP contribution in [0.2, 0.25) is 0 Å². The number of nitrogens with two attached hydrogens (primary N) is 1. The molecule has 0 atom stereocenters. The van der Waals surface area contributed by atoms with Gasteiger partial charge < -0.3 is 15.8 Å². The van der Waals surface area contributed by atoms with Gasteiger partial charge in [0, 0.05) is 32.8 Å². The van der Waals surface area contributed by atoms with E-state index < -0.39 is 0 Å². The molecule has 1 aliphatic rings. The molecule has 3 N–H and O–H groups in total. The predicted molar refractivity (Wildman–Crippen MR) is 67.8 cm³/mol. The molecule has 0 heterocycles. The van der Waals surface area contributed by atoms with E-state index in [1.165, 1.54) is 12.8 Å². The SMILES string of the molecule is COCCCNC(=O)CN(CCCN)C1CC1. The number of nitrogens with one attached hydrogen (secondary N) is 1. The van der Waals surface area contributed by atoms with Gasteiger partial charge in [0.05, 0.1) is 6.54 Å². The van der Waals surface area contributed by atoms with E-state index in [9.17, 15) is 4.79 Å². The maximum absolute atomic E-state index is 11.7. The minimum Gasteiger partial charge on any atom is -0.385 e. The quantitative estimate of drug-likeness (QED) is 0.528. The fourth-order valence-corrected chi connectivity index (χ4v) is 1.81. The van der Waals surface area contributed by atoms with Gasteiger partial charge in [0.15, 0.2) is 0 Å². The van der Waals surface area contributed by atoms with Crippen molar-refractivity contribution in [2.24, 2.45) is 5.73 Å². The number of carbonyl (C=O) groups excluding carboxylic acids is 1. The smallest absolute Gasteiger partial charge is 0.234 e. The molecule has 1 fully saturated rings. The van der Waals surface area contributed by atoms with E-state index in [1.807, 2.05) is 0 Å². The number of rotatable bonds is 10. The van der Waals surface area contributed by atoms with E-state index in [4.69, 9.17) is 10.5 Å². The normalized spacial score (nSPS) is 15.2. The number of amides is 1. The average molecular weight is 243 g/mol. The number of ether oxygens (including phenoxy) is 1. The zero-order chi connectivity index (χ0) is 12.5. The molecule has 0 radical (unpaired) electrons. The first-order chi connectivity index (χ1) is 8.27. The van der Waals surface area contributed by atoms with Crippen LogP contribution in [0.5, 0.6) is 0 Å². The van der Waals surface area contributed by atoms with Gasteiger partial charge in [0.2, 0.25) is 5.91 Å². The summed E-state index contributed by atoms with van der Waals surface area (Å²) in [5.74, 6) is 0.116. The number of carbonyl (C=O) groups is 1. The summed E-state index contributed by atoms with van der Waals surface area (Å²) >= 11 is 0. The van der Waals surface area contributed by atoms with Gasteiger partial charge in [0.25, 0.3) is 0 Å². The van der Waals surface area contributed by atoms with E-state index in [1.54, 1.807) is 7.11 Å². The van der Waals surface area contributed by atoms with Crippen LogP contribution >= 0.6 is 0 Å². The van der Waals surface area contributed by atoms with E-state index >= 15 is 0 Å². The molecule has 0 aromatic heterocycles. The third-order valence-electron chi connectivity index (χ3n) is 2.91. The Kier molecular flexibility index (Phi) is 7.16. The standard InChI is InChI=1S/C12H25N3O2/c1-17-9-3-7-14-12(16)10-15(8-2-6-13)11-4-5-11/h11H,2-10,13H2,1H3,(H,14,16). The number of hydrogen-bond donors (Lipinski definition) is 2. The molecule has 0 bridgehead atoms. The van der Waals surface area contributed by atoms with Crippen molar-refractivity contribution < 1.29 is 9.53 Å². The lowest BCUT2D eigenvalue weighted by Gasteiger charge is -2.20. The average Bonchev–Trinajstić information content (AvgIpc) is 3.14. The Morgan fingerprint density at radius 3 is 2.82 bits per heavy atom. The molecule has 1 saturated carbocycles. The summed E-state index contributed by atoms with van der Waals surface area (Å²) in [7, 11) is 1.67. The molecular weight excluding hydrogens is 218 g/mol. The molecule has 0 spiro atoms. The largest absolute Gasteiger partial charge is 0.385 e. The van der Waals surface area contributed by atoms with Gasteiger partial charge in [-0.2, -0.15) is 0 Å². The highest BCUT2D eigenvalue weighted by Gasteiger charge is 2.29. The molecule has 1 amide bonds. The van der Waals surface area contributed by atoms with E-state index in [2.05, 4.69) is 10.2 Å². The minimum absolute atomic E-state index is 0.116. The van der Waals surface area contributed by atoms with Gasteiger partial charge in [-0.15, -0.1) is 0 Å². The van der Waals surface area contributed by atoms with Crippen LogP contribution in [0, 0.1) is 0 Å². The van der Waals surface area contributed by atoms with E-state index in [0.29, 0.717) is 32.3 Å². The van der Waals surface area contributed by atoms with Crippen molar-refractivity contribution in [3.05, 3.63) is 0 Å². The first-order valence-electron chi connectivity index (χ1n) is 6.47. The Morgan fingerprint density at radius 1 is 1.47 bits per heavy atom. The summed E-state index contributed by atoms with van der Waals surface area (Å²) in [4.78, 5) is 13.9. The molecule has 1 aliphatic carbocycles. The molecule has 5 heteroatoms. The molecule has 1 rings (SSSR count). The van der Waals surface area contributed by atoms with E-state index in [0.717, 1.165) is 19.4 Å². The van der Waals surface area contributed by atoms with Crippen molar-refractivity contribution in [1.82, 2.24) is 10.2 Å². The van der Waals surface area contributed by atoms with Gasteiger partial charge in [0.1, 0.15) is 0 Å². The summed E-state index contributed by atoms with van der Waals surface area (Å²) in [6, 6.07) is 0.617. The van der Waals surface area contributed by atoms with Gasteiger partial charge in [-0.1, -0.05) is 0 Å². The Labute approximate surface area is 104 Å². The second-order valence-corrected chi connectivity index (χ2v) is 4.54. The Morgan fingerprint density at radius 2 is 2.24 bits per heavy atom. The van der Waals surface area contributed by atoms with Gasteiger partial charge >= 0.3 is 0 Å². The molecular formula is C12H25N3O2. The summed E-state index contributed by atoms with van der Waals surface area (Å²) in [6.45, 7) is 3.53. The van der Waals surface area contributed by atoms with Crippen LogP contribution in [0.3, 0.4) is 0 Å². The fourth-order valence-electron chi connectivity index (χ4n) is 1.81. The van der Waals surface area contributed by atoms with Gasteiger partial charge in [-0.3, -0.25) is 9.69 Å². The molecule has 5 nitrogen and oxygen atoms in total. The third kappa shape index (κ3) is 6.61. The van der Waals surface area contributed by atoms with Gasteiger partial charge in [-0.25, -0.2) is 0 Å². The van der Waals surface area contributed by atoms with Crippen molar-refractivity contribution in [3.8, 4) is 0 Å². The molecule has 0 saturated heterocycles. The van der Waals surface area contributed by atoms with Crippen molar-refractivity contribution in [3.63, 3.8) is 0 Å². The maximum Gasteiger partial charge on any atom is 0.234 e. The van der Waals surface area contributed by atoms with Crippen LogP contribution in [0.1, 0.15) is 25.7 Å². The minimum atomic E-state index is 0.116. The zero-order valence-corrected chi connectivity index (χ0v) is 10.8. The Hall–Kier alpha value is -0.650. The van der Waals surface area contributed by atoms with Crippen LogP contribution < -0.4 is 11.1 Å². The van der Waals surface area contributed by atoms with Crippen LogP contribution in [0.15, 0.2) is 0 Å². The van der Waals surface area contributed by atoms with Crippen molar-refractivity contribution in [1.29, 1.82) is 0 Å². The monoisotopic (exact) mass is 243 g/mol.